The molecule has 28 heavy (non-hydrogen) atoms. The molecule has 0 aliphatic carbocycles. The van der Waals surface area contributed by atoms with Crippen molar-refractivity contribution < 1.29 is 13.2 Å². The van der Waals surface area contributed by atoms with Crippen LogP contribution in [0.3, 0.4) is 0 Å². The van der Waals surface area contributed by atoms with Crippen molar-refractivity contribution in [2.75, 3.05) is 16.4 Å². The average Bonchev–Trinajstić information content (AvgIpc) is 3.07. The lowest BCUT2D eigenvalue weighted by atomic mass is 10.1. The minimum Gasteiger partial charge on any atom is -0.313 e. The van der Waals surface area contributed by atoms with E-state index in [-0.39, 0.29) is 35.1 Å². The zero-order valence-electron chi connectivity index (χ0n) is 14.6. The topological polar surface area (TPSA) is 66.8 Å². The minimum atomic E-state index is -3.16. The Balaban J connectivity index is 1.71. The van der Waals surface area contributed by atoms with Gasteiger partial charge in [0.2, 0.25) is 0 Å². The molecule has 2 fully saturated rings. The Morgan fingerprint density at radius 2 is 1.75 bits per heavy atom. The van der Waals surface area contributed by atoms with E-state index in [4.69, 9.17) is 23.2 Å². The second-order valence-corrected chi connectivity index (χ2v) is 10.9. The standard InChI is InChI=1S/C19H16Cl2N2O3S2/c20-13-7-4-8-14(21)18(13)23-15-10-28(25,26)11-16(15)27-19(23)22-17(24)9-12-5-2-1-3-6-12/h1-8,15-16H,9-11H2/t15-,16-/m0/s1. The molecule has 0 N–H and O–H groups in total. The maximum atomic E-state index is 12.6. The predicted molar refractivity (Wildman–Crippen MR) is 115 cm³/mol. The molecule has 2 aromatic carbocycles. The van der Waals surface area contributed by atoms with Crippen LogP contribution in [-0.2, 0) is 21.1 Å². The van der Waals surface area contributed by atoms with E-state index in [9.17, 15) is 13.2 Å². The Hall–Kier alpha value is -1.54. The summed E-state index contributed by atoms with van der Waals surface area (Å²) in [6.45, 7) is 0. The highest BCUT2D eigenvalue weighted by molar-refractivity contribution is 8.16. The molecule has 0 unspecified atom stereocenters. The van der Waals surface area contributed by atoms with E-state index in [1.807, 2.05) is 30.3 Å². The summed E-state index contributed by atoms with van der Waals surface area (Å²) in [5, 5.41) is 1.02. The Kier molecular flexibility index (Phi) is 5.44. The van der Waals surface area contributed by atoms with Crippen LogP contribution < -0.4 is 4.90 Å². The smallest absolute Gasteiger partial charge is 0.252 e. The number of benzene rings is 2. The van der Waals surface area contributed by atoms with Gasteiger partial charge >= 0.3 is 0 Å². The molecule has 2 aliphatic rings. The number of carbonyl (C=O) groups excluding carboxylic acids is 1. The molecular weight excluding hydrogens is 439 g/mol. The van der Waals surface area contributed by atoms with Gasteiger partial charge in [-0.15, -0.1) is 0 Å². The number of carbonyl (C=O) groups is 1. The van der Waals surface area contributed by atoms with Gasteiger partial charge in [-0.2, -0.15) is 4.99 Å². The Morgan fingerprint density at radius 1 is 1.07 bits per heavy atom. The summed E-state index contributed by atoms with van der Waals surface area (Å²) in [5.74, 6) is -0.269. The lowest BCUT2D eigenvalue weighted by Gasteiger charge is -2.26. The van der Waals surface area contributed by atoms with Crippen LogP contribution >= 0.6 is 35.0 Å². The van der Waals surface area contributed by atoms with E-state index in [1.54, 1.807) is 23.1 Å². The summed E-state index contributed by atoms with van der Waals surface area (Å²) in [6, 6.07) is 14.1. The summed E-state index contributed by atoms with van der Waals surface area (Å²) in [5.41, 5.74) is 1.36. The quantitative estimate of drug-likeness (QED) is 0.704. The highest BCUT2D eigenvalue weighted by atomic mass is 35.5. The molecule has 0 radical (unpaired) electrons. The summed E-state index contributed by atoms with van der Waals surface area (Å²) in [4.78, 5) is 18.6. The second-order valence-electron chi connectivity index (χ2n) is 6.69. The van der Waals surface area contributed by atoms with Gasteiger partial charge in [0.05, 0.1) is 39.7 Å². The van der Waals surface area contributed by atoms with Gasteiger partial charge in [-0.3, -0.25) is 4.79 Å². The molecule has 2 aliphatic heterocycles. The zero-order valence-corrected chi connectivity index (χ0v) is 17.7. The van der Waals surface area contributed by atoms with Crippen molar-refractivity contribution in [2.24, 2.45) is 4.99 Å². The first kappa shape index (κ1) is 19.8. The average molecular weight is 455 g/mol. The number of hydrogen-bond donors (Lipinski definition) is 0. The maximum absolute atomic E-state index is 12.6. The van der Waals surface area contributed by atoms with Crippen molar-refractivity contribution in [3.63, 3.8) is 0 Å². The fourth-order valence-electron chi connectivity index (χ4n) is 3.46. The van der Waals surface area contributed by atoms with Crippen LogP contribution in [0.2, 0.25) is 10.0 Å². The van der Waals surface area contributed by atoms with Crippen LogP contribution in [0.5, 0.6) is 0 Å². The first-order valence-corrected chi connectivity index (χ1v) is 12.1. The number of amidine groups is 1. The normalized spacial score (nSPS) is 24.5. The molecule has 4 rings (SSSR count). The highest BCUT2D eigenvalue weighted by Gasteiger charge is 2.50. The fraction of sp³-hybridized carbons (Fsp3) is 0.263. The Labute approximate surface area is 177 Å². The number of halogens is 2. The molecule has 2 heterocycles. The molecular formula is C19H16Cl2N2O3S2. The zero-order chi connectivity index (χ0) is 19.9. The van der Waals surface area contributed by atoms with Gasteiger partial charge < -0.3 is 4.90 Å². The number of nitrogens with zero attached hydrogens (tertiary/aromatic N) is 2. The van der Waals surface area contributed by atoms with E-state index in [0.29, 0.717) is 20.9 Å². The van der Waals surface area contributed by atoms with Gasteiger partial charge in [0.25, 0.3) is 5.91 Å². The summed E-state index contributed by atoms with van der Waals surface area (Å²) >= 11 is 14.1. The predicted octanol–water partition coefficient (Wildman–Crippen LogP) is 3.84. The molecule has 9 heteroatoms. The van der Waals surface area contributed by atoms with E-state index >= 15 is 0 Å². The lowest BCUT2D eigenvalue weighted by molar-refractivity contribution is -0.117. The molecule has 2 aromatic rings. The summed E-state index contributed by atoms with van der Waals surface area (Å²) in [7, 11) is -3.16. The van der Waals surface area contributed by atoms with Gasteiger partial charge in [0.1, 0.15) is 0 Å². The molecule has 0 spiro atoms. The number of thioether (sulfide) groups is 1. The van der Waals surface area contributed by atoms with Gasteiger partial charge in [-0.05, 0) is 17.7 Å². The number of para-hydroxylation sites is 1. The molecule has 0 bridgehead atoms. The van der Waals surface area contributed by atoms with Crippen LogP contribution in [0, 0.1) is 0 Å². The third-order valence-electron chi connectivity index (χ3n) is 4.66. The van der Waals surface area contributed by atoms with Gasteiger partial charge in [-0.1, -0.05) is 71.4 Å². The van der Waals surface area contributed by atoms with Crippen LogP contribution in [0.4, 0.5) is 5.69 Å². The summed E-state index contributed by atoms with van der Waals surface area (Å²) in [6.07, 6.45) is 0.169. The van der Waals surface area contributed by atoms with Crippen LogP contribution in [0.25, 0.3) is 0 Å². The molecule has 5 nitrogen and oxygen atoms in total. The van der Waals surface area contributed by atoms with Crippen LogP contribution in [0.1, 0.15) is 5.56 Å². The van der Waals surface area contributed by atoms with Crippen molar-refractivity contribution in [3.8, 4) is 0 Å². The van der Waals surface area contributed by atoms with Crippen LogP contribution in [0.15, 0.2) is 53.5 Å². The number of sulfone groups is 1. The summed E-state index contributed by atoms with van der Waals surface area (Å²) < 4.78 is 24.3. The van der Waals surface area contributed by atoms with E-state index in [0.717, 1.165) is 5.56 Å². The van der Waals surface area contributed by atoms with Crippen molar-refractivity contribution >= 4 is 61.6 Å². The Bertz CT molecular complexity index is 1040. The van der Waals surface area contributed by atoms with Crippen molar-refractivity contribution in [1.29, 1.82) is 0 Å². The number of rotatable bonds is 3. The first-order chi connectivity index (χ1) is 13.3. The second kappa shape index (κ2) is 7.71. The van der Waals surface area contributed by atoms with Crippen molar-refractivity contribution in [3.05, 3.63) is 64.1 Å². The maximum Gasteiger partial charge on any atom is 0.252 e. The molecule has 0 aromatic heterocycles. The number of hydrogen-bond acceptors (Lipinski definition) is 4. The third kappa shape index (κ3) is 3.94. The van der Waals surface area contributed by atoms with Gasteiger partial charge in [-0.25, -0.2) is 8.42 Å². The Morgan fingerprint density at radius 3 is 2.43 bits per heavy atom. The van der Waals surface area contributed by atoms with Crippen LogP contribution in [-0.4, -0.2) is 42.3 Å². The van der Waals surface area contributed by atoms with Gasteiger partial charge in [0.15, 0.2) is 15.0 Å². The molecule has 146 valence electrons. The fourth-order valence-corrected chi connectivity index (χ4v) is 7.96. The largest absolute Gasteiger partial charge is 0.313 e. The van der Waals surface area contributed by atoms with Gasteiger partial charge in [0, 0.05) is 5.25 Å². The molecule has 2 atom stereocenters. The highest BCUT2D eigenvalue weighted by Crippen LogP contribution is 2.45. The molecule has 0 saturated carbocycles. The molecule has 2 saturated heterocycles. The van der Waals surface area contributed by atoms with Crippen molar-refractivity contribution in [2.45, 2.75) is 17.7 Å². The van der Waals surface area contributed by atoms with Crippen molar-refractivity contribution in [1.82, 2.24) is 0 Å². The molecule has 1 amide bonds. The van der Waals surface area contributed by atoms with E-state index in [1.165, 1.54) is 11.8 Å². The number of aliphatic imine (C=N–C) groups is 1. The third-order valence-corrected chi connectivity index (χ3v) is 8.48. The minimum absolute atomic E-state index is 0.0158. The monoisotopic (exact) mass is 454 g/mol. The first-order valence-electron chi connectivity index (χ1n) is 8.60. The SMILES string of the molecule is O=C(Cc1ccccc1)N=C1S[C@H]2CS(=O)(=O)C[C@@H]2N1c1c(Cl)cccc1Cl. The van der Waals surface area contributed by atoms with E-state index < -0.39 is 9.84 Å². The number of fused-ring (bicyclic) bond motifs is 1. The number of amides is 1. The lowest BCUT2D eigenvalue weighted by Crippen LogP contribution is -2.38. The van der Waals surface area contributed by atoms with E-state index in [2.05, 4.69) is 4.99 Å². The number of anilines is 1.